The summed E-state index contributed by atoms with van der Waals surface area (Å²) in [7, 11) is 0. The maximum absolute atomic E-state index is 15.1. The number of halogens is 2. The quantitative estimate of drug-likeness (QED) is 0.252. The molecule has 0 unspecified atom stereocenters. The third-order valence-corrected chi connectivity index (χ3v) is 8.92. The van der Waals surface area contributed by atoms with Gasteiger partial charge in [-0.05, 0) is 69.8 Å². The summed E-state index contributed by atoms with van der Waals surface area (Å²) in [5.74, 6) is 0.987. The van der Waals surface area contributed by atoms with Gasteiger partial charge in [0.1, 0.15) is 22.9 Å². The Kier molecular flexibility index (Phi) is 8.18. The number of benzene rings is 1. The highest BCUT2D eigenvalue weighted by Gasteiger charge is 2.33. The normalized spacial score (nSPS) is 17.9. The van der Waals surface area contributed by atoms with Gasteiger partial charge in [0, 0.05) is 50.0 Å². The monoisotopic (exact) mass is 574 g/mol. The van der Waals surface area contributed by atoms with E-state index in [0.29, 0.717) is 34.7 Å². The number of aromatic nitrogens is 5. The Hall–Kier alpha value is -3.50. The number of hydrogen-bond acceptors (Lipinski definition) is 7. The molecule has 1 atom stereocenters. The number of nitrogens with one attached hydrogen (secondary N) is 1. The van der Waals surface area contributed by atoms with Crippen LogP contribution >= 0.6 is 0 Å². The average molecular weight is 575 g/mol. The zero-order valence-electron chi connectivity index (χ0n) is 24.9. The molecule has 8 nitrogen and oxygen atoms in total. The Bertz CT molecular complexity index is 1540. The second-order valence-corrected chi connectivity index (χ2v) is 11.9. The molecular weight excluding hydrogens is 534 g/mol. The third-order valence-electron chi connectivity index (χ3n) is 8.92. The van der Waals surface area contributed by atoms with Gasteiger partial charge in [0.25, 0.3) is 0 Å². The van der Waals surface area contributed by atoms with Gasteiger partial charge in [-0.25, -0.2) is 28.7 Å². The van der Waals surface area contributed by atoms with Gasteiger partial charge in [0.15, 0.2) is 11.6 Å². The van der Waals surface area contributed by atoms with E-state index < -0.39 is 11.6 Å². The number of piperazine rings is 1. The van der Waals surface area contributed by atoms with E-state index in [2.05, 4.69) is 43.1 Å². The smallest absolute Gasteiger partial charge is 0.229 e. The zero-order valence-corrected chi connectivity index (χ0v) is 24.9. The summed E-state index contributed by atoms with van der Waals surface area (Å²) in [5, 5.41) is 3.12. The van der Waals surface area contributed by atoms with Gasteiger partial charge in [0.05, 0.1) is 11.7 Å². The number of likely N-dealkylation sites (N-methyl/N-ethyl adjacent to an activating group) is 1. The second-order valence-electron chi connectivity index (χ2n) is 11.9. The van der Waals surface area contributed by atoms with E-state index >= 15 is 4.39 Å². The van der Waals surface area contributed by atoms with Crippen LogP contribution in [0.4, 0.5) is 20.5 Å². The first-order chi connectivity index (χ1) is 20.3. The van der Waals surface area contributed by atoms with Crippen molar-refractivity contribution in [2.45, 2.75) is 65.5 Å². The molecular formula is C32H40F2N8. The van der Waals surface area contributed by atoms with E-state index in [1.807, 2.05) is 37.6 Å². The summed E-state index contributed by atoms with van der Waals surface area (Å²) < 4.78 is 32.0. The molecule has 0 spiro atoms. The molecule has 3 aromatic heterocycles. The van der Waals surface area contributed by atoms with Gasteiger partial charge in [-0.3, -0.25) is 4.90 Å². The Morgan fingerprint density at radius 1 is 0.952 bits per heavy atom. The van der Waals surface area contributed by atoms with E-state index in [4.69, 9.17) is 4.98 Å². The van der Waals surface area contributed by atoms with Crippen molar-refractivity contribution in [1.29, 1.82) is 0 Å². The molecule has 0 radical (unpaired) electrons. The Labute approximate surface area is 246 Å². The number of imidazole rings is 1. The molecule has 2 fully saturated rings. The van der Waals surface area contributed by atoms with Gasteiger partial charge >= 0.3 is 0 Å². The summed E-state index contributed by atoms with van der Waals surface area (Å²) in [6.45, 7) is 13.5. The fraction of sp³-hybridized carbons (Fsp3) is 0.500. The summed E-state index contributed by atoms with van der Waals surface area (Å²) >= 11 is 0. The molecule has 1 N–H and O–H groups in total. The van der Waals surface area contributed by atoms with Crippen LogP contribution in [-0.4, -0.2) is 67.0 Å². The minimum Gasteiger partial charge on any atom is -0.326 e. The SMILES string of the molecule is CCN1CCN([C@H](c2ccc(Nc3ncc(F)c(-c4cc(F)c5nc(C)n(C(C)C)c5c4)n3)nc2)C2CCCC2)CC1. The lowest BCUT2D eigenvalue weighted by molar-refractivity contribution is 0.0718. The van der Waals surface area contributed by atoms with Crippen molar-refractivity contribution in [3.8, 4) is 11.3 Å². The van der Waals surface area contributed by atoms with Crippen molar-refractivity contribution in [1.82, 2.24) is 34.3 Å². The van der Waals surface area contributed by atoms with Crippen LogP contribution < -0.4 is 5.32 Å². The molecule has 42 heavy (non-hydrogen) atoms. The molecule has 2 aliphatic rings. The number of aryl methyl sites for hydroxylation is 1. The predicted octanol–water partition coefficient (Wildman–Crippen LogP) is 6.67. The van der Waals surface area contributed by atoms with E-state index in [1.165, 1.54) is 37.3 Å². The van der Waals surface area contributed by atoms with Crippen LogP contribution in [-0.2, 0) is 0 Å². The van der Waals surface area contributed by atoms with Crippen molar-refractivity contribution in [2.75, 3.05) is 38.0 Å². The van der Waals surface area contributed by atoms with Crippen molar-refractivity contribution >= 4 is 22.8 Å². The summed E-state index contributed by atoms with van der Waals surface area (Å²) in [6, 6.07) is 7.56. The molecule has 10 heteroatoms. The minimum atomic E-state index is -0.627. The molecule has 1 aliphatic heterocycles. The van der Waals surface area contributed by atoms with E-state index in [-0.39, 0.29) is 23.2 Å². The first-order valence-electron chi connectivity index (χ1n) is 15.2. The summed E-state index contributed by atoms with van der Waals surface area (Å²) in [4.78, 5) is 22.8. The lowest BCUT2D eigenvalue weighted by Crippen LogP contribution is -2.48. The minimum absolute atomic E-state index is 0.0200. The highest BCUT2D eigenvalue weighted by Crippen LogP contribution is 2.40. The average Bonchev–Trinajstić information content (AvgIpc) is 3.63. The summed E-state index contributed by atoms with van der Waals surface area (Å²) in [6.07, 6.45) is 8.18. The standard InChI is InChI=1S/C32H40F2N8/c1-5-40-12-14-41(15-13-40)31(22-8-6-7-9-22)23-10-11-28(35-18-23)38-32-36-19-26(34)29(39-32)24-16-25(33)30-27(17-24)42(20(2)3)21(4)37-30/h10-11,16-20,22,31H,5-9,12-15H2,1-4H3,(H,35,36,38,39)/t31-/m0/s1. The molecule has 0 bridgehead atoms. The Morgan fingerprint density at radius 3 is 2.38 bits per heavy atom. The van der Waals surface area contributed by atoms with Crippen LogP contribution in [0.15, 0.2) is 36.7 Å². The van der Waals surface area contributed by atoms with Crippen LogP contribution in [0.3, 0.4) is 0 Å². The van der Waals surface area contributed by atoms with Crippen LogP contribution in [0.25, 0.3) is 22.3 Å². The van der Waals surface area contributed by atoms with Gasteiger partial charge in [-0.15, -0.1) is 0 Å². The maximum atomic E-state index is 15.1. The van der Waals surface area contributed by atoms with Gasteiger partial charge < -0.3 is 14.8 Å². The van der Waals surface area contributed by atoms with E-state index in [9.17, 15) is 4.39 Å². The van der Waals surface area contributed by atoms with Crippen LogP contribution in [0.2, 0.25) is 0 Å². The lowest BCUT2D eigenvalue weighted by atomic mass is 9.90. The third kappa shape index (κ3) is 5.62. The van der Waals surface area contributed by atoms with Crippen molar-refractivity contribution in [2.24, 2.45) is 5.92 Å². The topological polar surface area (TPSA) is 75.0 Å². The lowest BCUT2D eigenvalue weighted by Gasteiger charge is -2.41. The molecule has 1 saturated carbocycles. The highest BCUT2D eigenvalue weighted by atomic mass is 19.1. The molecule has 1 saturated heterocycles. The molecule has 0 amide bonds. The molecule has 1 aliphatic carbocycles. The van der Waals surface area contributed by atoms with Gasteiger partial charge in [0.2, 0.25) is 5.95 Å². The Morgan fingerprint density at radius 2 is 1.71 bits per heavy atom. The number of rotatable bonds is 8. The first kappa shape index (κ1) is 28.6. The number of hydrogen-bond donors (Lipinski definition) is 1. The van der Waals surface area contributed by atoms with Crippen molar-refractivity contribution < 1.29 is 8.78 Å². The Balaban J connectivity index is 1.25. The first-order valence-corrected chi connectivity index (χ1v) is 15.2. The fourth-order valence-corrected chi connectivity index (χ4v) is 6.87. The van der Waals surface area contributed by atoms with Crippen LogP contribution in [0.1, 0.15) is 69.9 Å². The van der Waals surface area contributed by atoms with Crippen LogP contribution in [0.5, 0.6) is 0 Å². The molecule has 222 valence electrons. The fourth-order valence-electron chi connectivity index (χ4n) is 6.87. The highest BCUT2D eigenvalue weighted by molar-refractivity contribution is 5.83. The van der Waals surface area contributed by atoms with Crippen LogP contribution in [0, 0.1) is 24.5 Å². The number of fused-ring (bicyclic) bond motifs is 1. The number of anilines is 2. The number of pyridine rings is 1. The maximum Gasteiger partial charge on any atom is 0.229 e. The zero-order chi connectivity index (χ0) is 29.4. The van der Waals surface area contributed by atoms with E-state index in [0.717, 1.165) is 38.9 Å². The number of nitrogens with zero attached hydrogens (tertiary/aromatic N) is 7. The second kappa shape index (κ2) is 12.0. The van der Waals surface area contributed by atoms with Gasteiger partial charge in [-0.1, -0.05) is 25.8 Å². The van der Waals surface area contributed by atoms with Gasteiger partial charge in [-0.2, -0.15) is 0 Å². The van der Waals surface area contributed by atoms with Crippen molar-refractivity contribution in [3.05, 3.63) is 59.7 Å². The largest absolute Gasteiger partial charge is 0.326 e. The summed E-state index contributed by atoms with van der Waals surface area (Å²) in [5.41, 5.74) is 2.46. The van der Waals surface area contributed by atoms with E-state index in [1.54, 1.807) is 6.07 Å². The molecule has 4 heterocycles. The molecule has 4 aromatic rings. The predicted molar refractivity (Wildman–Crippen MR) is 162 cm³/mol. The molecule has 1 aromatic carbocycles. The van der Waals surface area contributed by atoms with Crippen molar-refractivity contribution in [3.63, 3.8) is 0 Å². The molecule has 6 rings (SSSR count).